The Morgan fingerprint density at radius 1 is 0.938 bits per heavy atom. The number of hydrogen-bond donors (Lipinski definition) is 1. The fourth-order valence-corrected chi connectivity index (χ4v) is 3.87. The second kappa shape index (κ2) is 10.2. The number of hydrogen-bond acceptors (Lipinski definition) is 7. The van der Waals surface area contributed by atoms with Gasteiger partial charge in [-0.2, -0.15) is 13.5 Å². The first-order valence-corrected chi connectivity index (χ1v) is 11.0. The molecule has 1 N–H and O–H groups in total. The number of hydrazone groups is 1. The quantitative estimate of drug-likeness (QED) is 0.302. The van der Waals surface area contributed by atoms with E-state index in [0.29, 0.717) is 22.6 Å². The summed E-state index contributed by atoms with van der Waals surface area (Å²) in [6.45, 7) is 0. The third-order valence-electron chi connectivity index (χ3n) is 4.21. The molecule has 32 heavy (non-hydrogen) atoms. The van der Waals surface area contributed by atoms with Crippen LogP contribution in [-0.2, 0) is 10.1 Å². The number of benzene rings is 3. The number of carbonyl (C=O) groups is 1. The average Bonchev–Trinajstić information content (AvgIpc) is 2.80. The number of nitrogens with zero attached hydrogens (tertiary/aromatic N) is 1. The number of ether oxygens (including phenoxy) is 2. The van der Waals surface area contributed by atoms with E-state index in [1.54, 1.807) is 36.4 Å². The minimum absolute atomic E-state index is 0.0135. The normalized spacial score (nSPS) is 11.2. The van der Waals surface area contributed by atoms with Crippen LogP contribution in [0.25, 0.3) is 0 Å². The monoisotopic (exact) mass is 474 g/mol. The standard InChI is InChI=1S/C22H19ClN2O6S/c1-29-20-11-9-16(13-21(20)30-2)22(26)25-24-14-15-8-10-19(18(23)12-15)31-32(27,28)17-6-4-3-5-7-17/h3-14H,1-2H3,(H,25,26)/b24-14-. The van der Waals surface area contributed by atoms with Crippen molar-refractivity contribution < 1.29 is 26.9 Å². The van der Waals surface area contributed by atoms with Gasteiger partial charge in [0.15, 0.2) is 17.2 Å². The summed E-state index contributed by atoms with van der Waals surface area (Å²) < 4.78 is 40.1. The highest BCUT2D eigenvalue weighted by Crippen LogP contribution is 2.29. The van der Waals surface area contributed by atoms with Gasteiger partial charge in [-0.25, -0.2) is 5.43 Å². The Kier molecular flexibility index (Phi) is 7.34. The molecule has 0 radical (unpaired) electrons. The molecule has 3 aromatic rings. The van der Waals surface area contributed by atoms with Gasteiger partial charge in [0.25, 0.3) is 5.91 Å². The molecular weight excluding hydrogens is 456 g/mol. The molecule has 10 heteroatoms. The van der Waals surface area contributed by atoms with Crippen LogP contribution in [0.15, 0.2) is 76.7 Å². The second-order valence-corrected chi connectivity index (χ2v) is 8.26. The maximum Gasteiger partial charge on any atom is 0.339 e. The highest BCUT2D eigenvalue weighted by molar-refractivity contribution is 7.87. The first-order chi connectivity index (χ1) is 15.3. The fraction of sp³-hybridized carbons (Fsp3) is 0.0909. The molecule has 0 saturated carbocycles. The highest BCUT2D eigenvalue weighted by Gasteiger charge is 2.18. The Labute approximate surface area is 190 Å². The van der Waals surface area contributed by atoms with Crippen molar-refractivity contribution in [2.75, 3.05) is 14.2 Å². The van der Waals surface area contributed by atoms with E-state index in [0.717, 1.165) is 0 Å². The molecule has 0 aliphatic rings. The van der Waals surface area contributed by atoms with E-state index >= 15 is 0 Å². The zero-order valence-electron chi connectivity index (χ0n) is 17.1. The average molecular weight is 475 g/mol. The van der Waals surface area contributed by atoms with Crippen LogP contribution in [0.2, 0.25) is 5.02 Å². The molecule has 0 saturated heterocycles. The van der Waals surface area contributed by atoms with E-state index in [4.69, 9.17) is 25.3 Å². The van der Waals surface area contributed by atoms with Crippen LogP contribution in [-0.4, -0.2) is 34.8 Å². The van der Waals surface area contributed by atoms with Crippen LogP contribution in [0.3, 0.4) is 0 Å². The van der Waals surface area contributed by atoms with Crippen LogP contribution in [0.5, 0.6) is 17.2 Å². The summed E-state index contributed by atoms with van der Waals surface area (Å²) >= 11 is 6.16. The van der Waals surface area contributed by atoms with Crippen LogP contribution >= 0.6 is 11.6 Å². The van der Waals surface area contributed by atoms with E-state index in [-0.39, 0.29) is 15.7 Å². The number of nitrogens with one attached hydrogen (secondary N) is 1. The maximum absolute atomic E-state index is 12.3. The van der Waals surface area contributed by atoms with Gasteiger partial charge in [0.2, 0.25) is 0 Å². The molecule has 0 aliphatic carbocycles. The summed E-state index contributed by atoms with van der Waals surface area (Å²) in [4.78, 5) is 12.3. The van der Waals surface area contributed by atoms with Gasteiger partial charge in [-0.15, -0.1) is 0 Å². The lowest BCUT2D eigenvalue weighted by atomic mass is 10.2. The number of halogens is 1. The second-order valence-electron chi connectivity index (χ2n) is 6.31. The summed E-state index contributed by atoms with van der Waals surface area (Å²) in [5.74, 6) is 0.431. The van der Waals surface area contributed by atoms with Crippen LogP contribution in [0, 0.1) is 0 Å². The topological polar surface area (TPSA) is 103 Å². The van der Waals surface area contributed by atoms with Crippen molar-refractivity contribution in [1.82, 2.24) is 5.43 Å². The Balaban J connectivity index is 1.67. The fourth-order valence-electron chi connectivity index (χ4n) is 2.63. The molecule has 3 aromatic carbocycles. The molecular formula is C22H19ClN2O6S. The molecule has 0 bridgehead atoms. The van der Waals surface area contributed by atoms with Gasteiger partial charge in [0, 0.05) is 5.56 Å². The lowest BCUT2D eigenvalue weighted by Gasteiger charge is -2.09. The van der Waals surface area contributed by atoms with Gasteiger partial charge in [-0.1, -0.05) is 29.8 Å². The van der Waals surface area contributed by atoms with Gasteiger partial charge in [-0.05, 0) is 54.1 Å². The van der Waals surface area contributed by atoms with Crippen molar-refractivity contribution in [3.63, 3.8) is 0 Å². The third-order valence-corrected chi connectivity index (χ3v) is 5.76. The van der Waals surface area contributed by atoms with Gasteiger partial charge in [0.1, 0.15) is 4.90 Å². The maximum atomic E-state index is 12.3. The minimum atomic E-state index is -4.01. The summed E-state index contributed by atoms with van der Waals surface area (Å²) in [5, 5.41) is 3.96. The van der Waals surface area contributed by atoms with Gasteiger partial charge in [-0.3, -0.25) is 4.79 Å². The third kappa shape index (κ3) is 5.57. The van der Waals surface area contributed by atoms with E-state index in [1.165, 1.54) is 50.8 Å². The van der Waals surface area contributed by atoms with E-state index < -0.39 is 16.0 Å². The van der Waals surface area contributed by atoms with Gasteiger partial charge < -0.3 is 13.7 Å². The predicted molar refractivity (Wildman–Crippen MR) is 120 cm³/mol. The molecule has 0 aliphatic heterocycles. The van der Waals surface area contributed by atoms with Gasteiger partial charge in [0.05, 0.1) is 25.5 Å². The zero-order chi connectivity index (χ0) is 23.1. The number of amides is 1. The molecule has 0 aromatic heterocycles. The SMILES string of the molecule is COc1ccc(C(=O)N/N=C\c2ccc(OS(=O)(=O)c3ccccc3)c(Cl)c2)cc1OC. The lowest BCUT2D eigenvalue weighted by Crippen LogP contribution is -2.17. The van der Waals surface area contributed by atoms with E-state index in [1.807, 2.05) is 0 Å². The molecule has 0 unspecified atom stereocenters. The lowest BCUT2D eigenvalue weighted by molar-refractivity contribution is 0.0954. The highest BCUT2D eigenvalue weighted by atomic mass is 35.5. The Morgan fingerprint density at radius 2 is 1.62 bits per heavy atom. The Morgan fingerprint density at radius 3 is 2.28 bits per heavy atom. The summed E-state index contributed by atoms with van der Waals surface area (Å²) in [5.41, 5.74) is 3.24. The summed E-state index contributed by atoms with van der Waals surface area (Å²) in [6, 6.07) is 16.8. The van der Waals surface area contributed by atoms with Crippen molar-refractivity contribution >= 4 is 33.8 Å². The Bertz CT molecular complexity index is 1250. The molecule has 0 heterocycles. The zero-order valence-corrected chi connectivity index (χ0v) is 18.7. The molecule has 0 fully saturated rings. The van der Waals surface area contributed by atoms with E-state index in [9.17, 15) is 13.2 Å². The van der Waals surface area contributed by atoms with Crippen LogP contribution in [0.1, 0.15) is 15.9 Å². The van der Waals surface area contributed by atoms with Gasteiger partial charge >= 0.3 is 10.1 Å². The van der Waals surface area contributed by atoms with Crippen LogP contribution in [0.4, 0.5) is 0 Å². The molecule has 1 amide bonds. The molecule has 166 valence electrons. The number of rotatable bonds is 8. The molecule has 3 rings (SSSR count). The minimum Gasteiger partial charge on any atom is -0.493 e. The van der Waals surface area contributed by atoms with Crippen LogP contribution < -0.4 is 19.1 Å². The predicted octanol–water partition coefficient (Wildman–Crippen LogP) is 3.89. The van der Waals surface area contributed by atoms with Crippen molar-refractivity contribution in [3.05, 3.63) is 82.9 Å². The van der Waals surface area contributed by atoms with Crippen molar-refractivity contribution in [2.24, 2.45) is 5.10 Å². The molecule has 0 atom stereocenters. The summed E-state index contributed by atoms with van der Waals surface area (Å²) in [7, 11) is -1.04. The number of carbonyl (C=O) groups excluding carboxylic acids is 1. The largest absolute Gasteiger partial charge is 0.493 e. The first-order valence-electron chi connectivity index (χ1n) is 9.18. The molecule has 0 spiro atoms. The summed E-state index contributed by atoms with van der Waals surface area (Å²) in [6.07, 6.45) is 1.36. The smallest absolute Gasteiger partial charge is 0.339 e. The van der Waals surface area contributed by atoms with Crippen molar-refractivity contribution in [2.45, 2.75) is 4.90 Å². The van der Waals surface area contributed by atoms with Crippen molar-refractivity contribution in [3.8, 4) is 17.2 Å². The van der Waals surface area contributed by atoms with E-state index in [2.05, 4.69) is 10.5 Å². The Hall–Kier alpha value is -3.56. The first kappa shape index (κ1) is 23.1. The van der Waals surface area contributed by atoms with Crippen molar-refractivity contribution in [1.29, 1.82) is 0 Å². The number of methoxy groups -OCH3 is 2. The molecule has 8 nitrogen and oxygen atoms in total.